The molecule has 1 unspecified atom stereocenters. The average molecular weight is 290 g/mol. The van der Waals surface area contributed by atoms with Gasteiger partial charge >= 0.3 is 0 Å². The molecule has 0 aromatic heterocycles. The van der Waals surface area contributed by atoms with Crippen LogP contribution in [0.3, 0.4) is 0 Å². The van der Waals surface area contributed by atoms with Gasteiger partial charge in [-0.15, -0.1) is 0 Å². The fourth-order valence-corrected chi connectivity index (χ4v) is 2.94. The summed E-state index contributed by atoms with van der Waals surface area (Å²) in [5, 5.41) is 3.10. The lowest BCUT2D eigenvalue weighted by atomic mass is 9.84. The Balaban J connectivity index is 1.68. The fraction of sp³-hybridized carbons (Fsp3) is 0.588. The summed E-state index contributed by atoms with van der Waals surface area (Å²) in [6.45, 7) is 2.47. The molecular formula is C17H26N2O2. The molecule has 0 heterocycles. The predicted molar refractivity (Wildman–Crippen MR) is 85.1 cm³/mol. The zero-order valence-corrected chi connectivity index (χ0v) is 12.8. The number of anilines is 1. The van der Waals surface area contributed by atoms with E-state index < -0.39 is 0 Å². The summed E-state index contributed by atoms with van der Waals surface area (Å²) >= 11 is 0. The Kier molecular flexibility index (Phi) is 5.90. The highest BCUT2D eigenvalue weighted by molar-refractivity contribution is 5.76. The van der Waals surface area contributed by atoms with Crippen LogP contribution in [-0.2, 0) is 4.79 Å². The Morgan fingerprint density at radius 1 is 1.33 bits per heavy atom. The molecule has 0 radical (unpaired) electrons. The molecule has 1 amide bonds. The number of rotatable bonds is 6. The molecule has 0 bridgehead atoms. The molecule has 0 saturated heterocycles. The molecule has 1 aliphatic carbocycles. The van der Waals surface area contributed by atoms with E-state index in [0.717, 1.165) is 0 Å². The Labute approximate surface area is 127 Å². The van der Waals surface area contributed by atoms with Gasteiger partial charge in [-0.25, -0.2) is 0 Å². The summed E-state index contributed by atoms with van der Waals surface area (Å²) in [6, 6.07) is 7.61. The van der Waals surface area contributed by atoms with E-state index in [1.807, 2.05) is 18.2 Å². The van der Waals surface area contributed by atoms with Crippen molar-refractivity contribution < 1.29 is 9.53 Å². The highest BCUT2D eigenvalue weighted by Gasteiger charge is 2.21. The monoisotopic (exact) mass is 290 g/mol. The maximum atomic E-state index is 11.9. The molecule has 0 spiro atoms. The van der Waals surface area contributed by atoms with Gasteiger partial charge in [-0.2, -0.15) is 0 Å². The Morgan fingerprint density at radius 2 is 2.05 bits per heavy atom. The van der Waals surface area contributed by atoms with E-state index >= 15 is 0 Å². The van der Waals surface area contributed by atoms with Crippen molar-refractivity contribution in [2.24, 2.45) is 5.92 Å². The van der Waals surface area contributed by atoms with E-state index in [1.165, 1.54) is 32.1 Å². The first-order valence-corrected chi connectivity index (χ1v) is 7.93. The van der Waals surface area contributed by atoms with Crippen LogP contribution in [0.25, 0.3) is 0 Å². The fourth-order valence-electron chi connectivity index (χ4n) is 2.94. The van der Waals surface area contributed by atoms with Crippen molar-refractivity contribution in [3.8, 4) is 5.75 Å². The van der Waals surface area contributed by atoms with Crippen LogP contribution < -0.4 is 15.8 Å². The summed E-state index contributed by atoms with van der Waals surface area (Å²) < 4.78 is 5.55. The molecule has 1 saturated carbocycles. The second kappa shape index (κ2) is 7.91. The zero-order chi connectivity index (χ0) is 15.1. The number of hydrogen-bond donors (Lipinski definition) is 2. The molecule has 21 heavy (non-hydrogen) atoms. The maximum Gasteiger partial charge on any atom is 0.223 e. The first-order chi connectivity index (χ1) is 10.2. The molecule has 116 valence electrons. The van der Waals surface area contributed by atoms with Crippen molar-refractivity contribution in [1.82, 2.24) is 5.32 Å². The van der Waals surface area contributed by atoms with Crippen LogP contribution in [0.4, 0.5) is 5.69 Å². The van der Waals surface area contributed by atoms with E-state index in [1.54, 1.807) is 6.07 Å². The van der Waals surface area contributed by atoms with Gasteiger partial charge in [0, 0.05) is 6.04 Å². The third-order valence-electron chi connectivity index (χ3n) is 4.25. The van der Waals surface area contributed by atoms with E-state index in [0.29, 0.717) is 30.4 Å². The van der Waals surface area contributed by atoms with Gasteiger partial charge in [0.1, 0.15) is 5.75 Å². The first kappa shape index (κ1) is 15.7. The molecular weight excluding hydrogens is 264 g/mol. The Hall–Kier alpha value is -1.71. The lowest BCUT2D eigenvalue weighted by Gasteiger charge is -2.28. The van der Waals surface area contributed by atoms with E-state index in [-0.39, 0.29) is 11.9 Å². The lowest BCUT2D eigenvalue weighted by Crippen LogP contribution is -2.39. The third-order valence-corrected chi connectivity index (χ3v) is 4.25. The van der Waals surface area contributed by atoms with Gasteiger partial charge in [0.15, 0.2) is 0 Å². The summed E-state index contributed by atoms with van der Waals surface area (Å²) in [7, 11) is 0. The van der Waals surface area contributed by atoms with Gasteiger partial charge in [-0.1, -0.05) is 31.4 Å². The van der Waals surface area contributed by atoms with Gasteiger partial charge < -0.3 is 15.8 Å². The summed E-state index contributed by atoms with van der Waals surface area (Å²) in [5.74, 6) is 1.33. The minimum absolute atomic E-state index is 0.0579. The van der Waals surface area contributed by atoms with Gasteiger partial charge in [0.05, 0.1) is 18.7 Å². The van der Waals surface area contributed by atoms with E-state index in [2.05, 4.69) is 12.2 Å². The number of carbonyl (C=O) groups excluding carboxylic acids is 1. The summed E-state index contributed by atoms with van der Waals surface area (Å²) in [4.78, 5) is 11.9. The highest BCUT2D eigenvalue weighted by atomic mass is 16.5. The molecule has 3 N–H and O–H groups in total. The van der Waals surface area contributed by atoms with Crippen LogP contribution in [0.1, 0.15) is 45.4 Å². The smallest absolute Gasteiger partial charge is 0.223 e. The van der Waals surface area contributed by atoms with Gasteiger partial charge in [-0.05, 0) is 37.8 Å². The number of para-hydroxylation sites is 2. The number of nitrogen functional groups attached to an aromatic ring is 1. The van der Waals surface area contributed by atoms with Crippen LogP contribution in [0, 0.1) is 5.92 Å². The van der Waals surface area contributed by atoms with Crippen LogP contribution in [0.5, 0.6) is 5.75 Å². The minimum atomic E-state index is 0.0579. The molecule has 4 heteroatoms. The van der Waals surface area contributed by atoms with Gasteiger partial charge in [0.25, 0.3) is 0 Å². The number of benzene rings is 1. The quantitative estimate of drug-likeness (QED) is 0.791. The van der Waals surface area contributed by atoms with Crippen LogP contribution in [0.15, 0.2) is 24.3 Å². The largest absolute Gasteiger partial charge is 0.491 e. The molecule has 4 nitrogen and oxygen atoms in total. The van der Waals surface area contributed by atoms with Crippen LogP contribution in [-0.4, -0.2) is 18.6 Å². The summed E-state index contributed by atoms with van der Waals surface area (Å²) in [5.41, 5.74) is 6.40. The number of carbonyl (C=O) groups is 1. The van der Waals surface area contributed by atoms with E-state index in [4.69, 9.17) is 10.5 Å². The normalized spacial score (nSPS) is 17.2. The van der Waals surface area contributed by atoms with Crippen molar-refractivity contribution in [1.29, 1.82) is 0 Å². The lowest BCUT2D eigenvalue weighted by molar-refractivity contribution is -0.122. The topological polar surface area (TPSA) is 64.3 Å². The van der Waals surface area contributed by atoms with Crippen molar-refractivity contribution >= 4 is 11.6 Å². The number of hydrogen-bond acceptors (Lipinski definition) is 3. The minimum Gasteiger partial charge on any atom is -0.491 e. The number of ether oxygens (including phenoxy) is 1. The SMILES string of the molecule is CC(NC(=O)CCOc1ccccc1N)C1CCCCC1. The number of amides is 1. The van der Waals surface area contributed by atoms with Crippen molar-refractivity contribution in [2.45, 2.75) is 51.5 Å². The average Bonchev–Trinajstić information content (AvgIpc) is 2.50. The highest BCUT2D eigenvalue weighted by Crippen LogP contribution is 2.26. The third kappa shape index (κ3) is 4.96. The number of nitrogens with one attached hydrogen (secondary N) is 1. The predicted octanol–water partition coefficient (Wildman–Crippen LogP) is 3.12. The molecule has 1 aromatic rings. The first-order valence-electron chi connectivity index (χ1n) is 7.93. The zero-order valence-electron chi connectivity index (χ0n) is 12.8. The molecule has 1 atom stereocenters. The van der Waals surface area contributed by atoms with Crippen LogP contribution in [0.2, 0.25) is 0 Å². The van der Waals surface area contributed by atoms with Gasteiger partial charge in [0.2, 0.25) is 5.91 Å². The Morgan fingerprint density at radius 3 is 2.76 bits per heavy atom. The van der Waals surface area contributed by atoms with Crippen LogP contribution >= 0.6 is 0 Å². The van der Waals surface area contributed by atoms with Crippen molar-refractivity contribution in [3.05, 3.63) is 24.3 Å². The molecule has 0 aliphatic heterocycles. The van der Waals surface area contributed by atoms with Gasteiger partial charge in [-0.3, -0.25) is 4.79 Å². The number of nitrogens with two attached hydrogens (primary N) is 1. The standard InChI is InChI=1S/C17H26N2O2/c1-13(14-7-3-2-4-8-14)19-17(20)11-12-21-16-10-6-5-9-15(16)18/h5-6,9-10,13-14H,2-4,7-8,11-12,18H2,1H3,(H,19,20). The van der Waals surface area contributed by atoms with Crippen molar-refractivity contribution in [3.63, 3.8) is 0 Å². The van der Waals surface area contributed by atoms with Crippen molar-refractivity contribution in [2.75, 3.05) is 12.3 Å². The molecule has 1 aromatic carbocycles. The molecule has 1 aliphatic rings. The maximum absolute atomic E-state index is 11.9. The second-order valence-corrected chi connectivity index (χ2v) is 5.89. The van der Waals surface area contributed by atoms with E-state index in [9.17, 15) is 4.79 Å². The Bertz CT molecular complexity index is 456. The summed E-state index contributed by atoms with van der Waals surface area (Å²) in [6.07, 6.45) is 6.76. The second-order valence-electron chi connectivity index (χ2n) is 5.89. The molecule has 2 rings (SSSR count). The molecule has 1 fully saturated rings.